The van der Waals surface area contributed by atoms with Gasteiger partial charge >= 0.3 is 11.8 Å². The number of para-hydroxylation sites is 1. The first-order valence-corrected chi connectivity index (χ1v) is 12.9. The van der Waals surface area contributed by atoms with E-state index in [1.807, 2.05) is 63.2 Å². The highest BCUT2D eigenvalue weighted by atomic mass is 16.6. The number of carbonyl (C=O) groups excluding carboxylic acids is 1. The molecular weight excluding hydrogens is 480 g/mol. The smallest absolute Gasteiger partial charge is 0.407 e. The van der Waals surface area contributed by atoms with Crippen molar-refractivity contribution in [2.75, 3.05) is 18.0 Å². The second-order valence-corrected chi connectivity index (χ2v) is 10.8. The molecule has 1 aliphatic rings. The number of benzene rings is 2. The molecule has 0 radical (unpaired) electrons. The van der Waals surface area contributed by atoms with Gasteiger partial charge < -0.3 is 15.0 Å². The molecule has 1 fully saturated rings. The van der Waals surface area contributed by atoms with Crippen LogP contribution in [0.5, 0.6) is 0 Å². The number of nitrogens with zero attached hydrogens (tertiary/aromatic N) is 5. The summed E-state index contributed by atoms with van der Waals surface area (Å²) in [5.41, 5.74) is 3.54. The van der Waals surface area contributed by atoms with Crippen molar-refractivity contribution >= 4 is 33.8 Å². The third-order valence-corrected chi connectivity index (χ3v) is 6.85. The SMILES string of the molecule is Cn1c(=O)n(Cc2ccccc2C#N)c2c(N3CCCC(NC(=O)OC(C)(C)C)C3)c3ccccc3nc21. The van der Waals surface area contributed by atoms with Crippen molar-refractivity contribution < 1.29 is 9.53 Å². The van der Waals surface area contributed by atoms with Gasteiger partial charge in [0.25, 0.3) is 0 Å². The summed E-state index contributed by atoms with van der Waals surface area (Å²) < 4.78 is 8.78. The average Bonchev–Trinajstić information content (AvgIpc) is 3.11. The Bertz CT molecular complexity index is 1620. The maximum atomic E-state index is 13.6. The fourth-order valence-electron chi connectivity index (χ4n) is 5.20. The minimum Gasteiger partial charge on any atom is -0.444 e. The second-order valence-electron chi connectivity index (χ2n) is 10.8. The van der Waals surface area contributed by atoms with Crippen LogP contribution >= 0.6 is 0 Å². The van der Waals surface area contributed by atoms with Crippen molar-refractivity contribution in [1.82, 2.24) is 19.4 Å². The highest BCUT2D eigenvalue weighted by Crippen LogP contribution is 2.35. The van der Waals surface area contributed by atoms with Gasteiger partial charge in [-0.25, -0.2) is 14.6 Å². The number of carbonyl (C=O) groups is 1. The van der Waals surface area contributed by atoms with Crippen molar-refractivity contribution in [1.29, 1.82) is 5.26 Å². The van der Waals surface area contributed by atoms with Crippen LogP contribution in [0.1, 0.15) is 44.7 Å². The summed E-state index contributed by atoms with van der Waals surface area (Å²) in [4.78, 5) is 33.2. The van der Waals surface area contributed by atoms with Gasteiger partial charge in [0.05, 0.1) is 29.4 Å². The number of anilines is 1. The molecule has 0 bridgehead atoms. The maximum absolute atomic E-state index is 13.6. The monoisotopic (exact) mass is 512 g/mol. The Labute approximate surface area is 221 Å². The van der Waals surface area contributed by atoms with Crippen LogP contribution in [0.25, 0.3) is 22.1 Å². The van der Waals surface area contributed by atoms with Crippen molar-refractivity contribution in [3.63, 3.8) is 0 Å². The zero-order valence-electron chi connectivity index (χ0n) is 22.2. The van der Waals surface area contributed by atoms with Crippen LogP contribution in [0.4, 0.5) is 10.5 Å². The normalized spacial score (nSPS) is 16.0. The first-order valence-electron chi connectivity index (χ1n) is 12.9. The molecule has 1 aliphatic heterocycles. The number of pyridine rings is 1. The minimum atomic E-state index is -0.578. The Kier molecular flexibility index (Phi) is 6.57. The molecule has 0 aliphatic carbocycles. The van der Waals surface area contributed by atoms with Crippen molar-refractivity contribution in [2.45, 2.75) is 51.8 Å². The molecule has 9 nitrogen and oxygen atoms in total. The summed E-state index contributed by atoms with van der Waals surface area (Å²) >= 11 is 0. The number of aryl methyl sites for hydroxylation is 1. The molecule has 2 aromatic carbocycles. The Morgan fingerprint density at radius 2 is 1.92 bits per heavy atom. The number of nitrogens with one attached hydrogen (secondary N) is 1. The molecule has 0 saturated carbocycles. The lowest BCUT2D eigenvalue weighted by Crippen LogP contribution is -2.49. The van der Waals surface area contributed by atoms with Gasteiger partial charge in [-0.3, -0.25) is 9.13 Å². The second kappa shape index (κ2) is 9.86. The molecule has 1 amide bonds. The number of ether oxygens (including phenoxy) is 1. The number of fused-ring (bicyclic) bond motifs is 2. The van der Waals surface area contributed by atoms with E-state index in [0.29, 0.717) is 17.8 Å². The van der Waals surface area contributed by atoms with E-state index in [-0.39, 0.29) is 18.3 Å². The van der Waals surface area contributed by atoms with E-state index in [4.69, 9.17) is 9.72 Å². The summed E-state index contributed by atoms with van der Waals surface area (Å²) in [7, 11) is 1.73. The van der Waals surface area contributed by atoms with Crippen LogP contribution in [0, 0.1) is 11.3 Å². The topological polar surface area (TPSA) is 105 Å². The Morgan fingerprint density at radius 1 is 1.18 bits per heavy atom. The standard InChI is InChI=1S/C29H32N6O3/c1-29(2,3)38-27(36)31-21-12-9-15-34(18-21)24-22-13-7-8-14-23(22)32-26-25(24)35(28(37)33(26)4)17-20-11-6-5-10-19(20)16-30/h5-8,10-11,13-14,21H,9,12,15,17-18H2,1-4H3,(H,31,36). The number of hydrogen-bond acceptors (Lipinski definition) is 6. The number of aromatic nitrogens is 3. The largest absolute Gasteiger partial charge is 0.444 e. The fraction of sp³-hybridized carbons (Fsp3) is 0.379. The van der Waals surface area contributed by atoms with Gasteiger partial charge in [-0.2, -0.15) is 5.26 Å². The van der Waals surface area contributed by atoms with Gasteiger partial charge in [-0.1, -0.05) is 36.4 Å². The summed E-state index contributed by atoms with van der Waals surface area (Å²) in [5, 5.41) is 13.6. The summed E-state index contributed by atoms with van der Waals surface area (Å²) in [5.74, 6) is 0. The molecule has 196 valence electrons. The van der Waals surface area contributed by atoms with Crippen LogP contribution in [0.15, 0.2) is 53.3 Å². The van der Waals surface area contributed by atoms with E-state index in [1.54, 1.807) is 22.2 Å². The molecule has 2 aromatic heterocycles. The van der Waals surface area contributed by atoms with Crippen LogP contribution in [0.2, 0.25) is 0 Å². The zero-order chi connectivity index (χ0) is 27.0. The van der Waals surface area contributed by atoms with Gasteiger partial charge in [-0.15, -0.1) is 0 Å². The maximum Gasteiger partial charge on any atom is 0.407 e. The summed E-state index contributed by atoms with van der Waals surface area (Å²) in [6, 6.07) is 17.3. The molecule has 5 rings (SSSR count). The van der Waals surface area contributed by atoms with Crippen LogP contribution < -0.4 is 15.9 Å². The Morgan fingerprint density at radius 3 is 2.68 bits per heavy atom. The van der Waals surface area contributed by atoms with E-state index < -0.39 is 11.7 Å². The van der Waals surface area contributed by atoms with Crippen molar-refractivity contribution in [3.8, 4) is 6.07 Å². The molecule has 3 heterocycles. The first kappa shape index (κ1) is 25.3. The molecule has 0 spiro atoms. The highest BCUT2D eigenvalue weighted by Gasteiger charge is 2.29. The summed E-state index contributed by atoms with van der Waals surface area (Å²) in [6.07, 6.45) is 1.27. The van der Waals surface area contributed by atoms with E-state index in [1.165, 1.54) is 0 Å². The van der Waals surface area contributed by atoms with Gasteiger partial charge in [-0.05, 0) is 51.3 Å². The molecule has 38 heavy (non-hydrogen) atoms. The van der Waals surface area contributed by atoms with Crippen LogP contribution in [-0.2, 0) is 18.3 Å². The first-order chi connectivity index (χ1) is 18.2. The number of amides is 1. The van der Waals surface area contributed by atoms with E-state index in [2.05, 4.69) is 16.3 Å². The van der Waals surface area contributed by atoms with E-state index in [0.717, 1.165) is 47.1 Å². The lowest BCUT2D eigenvalue weighted by molar-refractivity contribution is 0.0500. The van der Waals surface area contributed by atoms with Gasteiger partial charge in [0.1, 0.15) is 11.1 Å². The van der Waals surface area contributed by atoms with Gasteiger partial charge in [0.2, 0.25) is 0 Å². The molecule has 4 aromatic rings. The molecule has 1 N–H and O–H groups in total. The lowest BCUT2D eigenvalue weighted by atomic mass is 10.0. The van der Waals surface area contributed by atoms with Crippen molar-refractivity contribution in [2.24, 2.45) is 7.05 Å². The predicted molar refractivity (Wildman–Crippen MR) is 147 cm³/mol. The highest BCUT2D eigenvalue weighted by molar-refractivity contribution is 6.05. The third-order valence-electron chi connectivity index (χ3n) is 6.85. The van der Waals surface area contributed by atoms with Gasteiger partial charge in [0, 0.05) is 31.6 Å². The lowest BCUT2D eigenvalue weighted by Gasteiger charge is -2.36. The molecule has 1 atom stereocenters. The quantitative estimate of drug-likeness (QED) is 0.437. The molecule has 1 saturated heterocycles. The van der Waals surface area contributed by atoms with Crippen LogP contribution in [-0.4, -0.2) is 44.9 Å². The number of piperidine rings is 1. The summed E-state index contributed by atoms with van der Waals surface area (Å²) in [6.45, 7) is 7.13. The third kappa shape index (κ3) is 4.82. The number of nitriles is 1. The molecule has 1 unspecified atom stereocenters. The van der Waals surface area contributed by atoms with E-state index in [9.17, 15) is 14.9 Å². The zero-order valence-corrected chi connectivity index (χ0v) is 22.2. The van der Waals surface area contributed by atoms with Crippen molar-refractivity contribution in [3.05, 3.63) is 70.1 Å². The number of rotatable bonds is 4. The van der Waals surface area contributed by atoms with E-state index >= 15 is 0 Å². The Hall–Kier alpha value is -4.32. The average molecular weight is 513 g/mol. The Balaban J connectivity index is 1.63. The molecule has 9 heteroatoms. The number of alkyl carbamates (subject to hydrolysis) is 1. The van der Waals surface area contributed by atoms with Gasteiger partial charge in [0.15, 0.2) is 5.65 Å². The minimum absolute atomic E-state index is 0.108. The fourth-order valence-corrected chi connectivity index (χ4v) is 5.20. The molecular formula is C29H32N6O3. The number of imidazole rings is 1. The predicted octanol–water partition coefficient (Wildman–Crippen LogP) is 4.30. The van der Waals surface area contributed by atoms with Crippen LogP contribution in [0.3, 0.4) is 0 Å². The number of hydrogen-bond donors (Lipinski definition) is 1.